The summed E-state index contributed by atoms with van der Waals surface area (Å²) >= 11 is 0. The molecule has 0 aromatic carbocycles. The third-order valence-corrected chi connectivity index (χ3v) is 18.2. The van der Waals surface area contributed by atoms with E-state index in [9.17, 15) is 60.7 Å². The topological polar surface area (TPSA) is 292 Å². The molecule has 7 fully saturated rings. The molecule has 4 saturated carbocycles. The van der Waals surface area contributed by atoms with E-state index in [-0.39, 0.29) is 54.1 Å². The summed E-state index contributed by atoms with van der Waals surface area (Å²) in [6.07, 6.45) is -9.76. The van der Waals surface area contributed by atoms with Gasteiger partial charge in [-0.2, -0.15) is 0 Å². The number of carbonyl (C=O) groups is 2. The van der Waals surface area contributed by atoms with Crippen LogP contribution in [0, 0.1) is 50.7 Å². The number of carboxylic acid groups (broad SMARTS) is 1. The fourth-order valence-electron chi connectivity index (χ4n) is 14.0. The molecule has 18 heteroatoms. The Labute approximate surface area is 381 Å². The molecule has 4 aliphatic carbocycles. The van der Waals surface area contributed by atoms with Gasteiger partial charge < -0.3 is 84.3 Å². The lowest BCUT2D eigenvalue weighted by Crippen LogP contribution is -2.67. The predicted molar refractivity (Wildman–Crippen MR) is 227 cm³/mol. The standard InChI is InChI=1S/C47H76O18/c1-23-31(52)33(54)35(56)39(62-23)65-37-36(64-38-34(55)32(53)26(50)19-60-38)27(51)20-61-40(37)63-30-13-18-46(21-48)28(43(30,4)5)12-17-45(7)29(46)10-9-24-25(11-16-44(24,45)6)47(59,22-49)15-8-14-42(2,3)41(57)58/h8,14,21,23-40,49-56,59H,9-13,15-20,22H2,1-7H3,(H,57,58). The number of ether oxygens (including phenoxy) is 6. The molecule has 22 atom stereocenters. The van der Waals surface area contributed by atoms with Gasteiger partial charge in [0.1, 0.15) is 61.2 Å². The Balaban J connectivity index is 1.13. The quantitative estimate of drug-likeness (QED) is 0.0693. The van der Waals surface area contributed by atoms with Crippen LogP contribution in [-0.2, 0) is 38.0 Å². The van der Waals surface area contributed by atoms with Crippen molar-refractivity contribution in [2.24, 2.45) is 50.7 Å². The summed E-state index contributed by atoms with van der Waals surface area (Å²) in [6, 6.07) is 0. The minimum absolute atomic E-state index is 0.00407. The van der Waals surface area contributed by atoms with Gasteiger partial charge in [0.05, 0.1) is 43.0 Å². The van der Waals surface area contributed by atoms with Gasteiger partial charge in [0.25, 0.3) is 0 Å². The first-order valence-corrected chi connectivity index (χ1v) is 23.7. The van der Waals surface area contributed by atoms with Crippen molar-refractivity contribution in [1.29, 1.82) is 0 Å². The summed E-state index contributed by atoms with van der Waals surface area (Å²) in [6.45, 7) is 12.3. The largest absolute Gasteiger partial charge is 0.481 e. The first kappa shape index (κ1) is 51.1. The van der Waals surface area contributed by atoms with E-state index >= 15 is 0 Å². The monoisotopic (exact) mass is 929 g/mol. The van der Waals surface area contributed by atoms with E-state index in [1.54, 1.807) is 26.0 Å². The van der Waals surface area contributed by atoms with Crippen LogP contribution in [0.15, 0.2) is 12.2 Å². The van der Waals surface area contributed by atoms with E-state index in [1.165, 1.54) is 13.2 Å². The SMILES string of the molecule is CC1OC(OC2C(OC3CCC4(C=O)C(CCC5(C)C4CCC4C(C(O)(CO)CC=CC(C)(C)C(=O)O)CCC45C)C3(C)C)OCC(O)C2OC2OCC(O)C(O)C2O)C(O)C(O)C1O. The molecule has 0 amide bonds. The Morgan fingerprint density at radius 3 is 2.02 bits per heavy atom. The Bertz CT molecular complexity index is 1730. The number of fused-ring (bicyclic) bond motifs is 5. The van der Waals surface area contributed by atoms with Crippen molar-refractivity contribution in [2.45, 2.75) is 198 Å². The Hall–Kier alpha value is -1.72. The summed E-state index contributed by atoms with van der Waals surface area (Å²) in [4.78, 5) is 25.7. The number of carboxylic acids is 1. The molecule has 10 N–H and O–H groups in total. The molecule has 65 heavy (non-hydrogen) atoms. The van der Waals surface area contributed by atoms with Crippen LogP contribution in [0.2, 0.25) is 0 Å². The molecule has 3 aliphatic heterocycles. The van der Waals surface area contributed by atoms with Crippen LogP contribution in [0.25, 0.3) is 0 Å². The van der Waals surface area contributed by atoms with E-state index < -0.39 is 120 Å². The fraction of sp³-hybridized carbons (Fsp3) is 0.915. The molecule has 22 unspecified atom stereocenters. The molecule has 0 aromatic heterocycles. The number of hydrogen-bond donors (Lipinski definition) is 10. The lowest BCUT2D eigenvalue weighted by Gasteiger charge is -2.69. The molecule has 3 heterocycles. The summed E-state index contributed by atoms with van der Waals surface area (Å²) < 4.78 is 36.7. The van der Waals surface area contributed by atoms with E-state index in [4.69, 9.17) is 28.4 Å². The highest BCUT2D eigenvalue weighted by atomic mass is 16.8. The van der Waals surface area contributed by atoms with E-state index in [2.05, 4.69) is 27.7 Å². The Morgan fingerprint density at radius 2 is 1.35 bits per heavy atom. The predicted octanol–water partition coefficient (Wildman–Crippen LogP) is 0.770. The van der Waals surface area contributed by atoms with E-state index in [0.29, 0.717) is 25.7 Å². The normalized spacial score (nSPS) is 49.9. The second kappa shape index (κ2) is 18.6. The molecule has 18 nitrogen and oxygen atoms in total. The summed E-state index contributed by atoms with van der Waals surface area (Å²) in [5, 5.41) is 107. The zero-order valence-corrected chi connectivity index (χ0v) is 38.8. The number of aldehydes is 1. The highest BCUT2D eigenvalue weighted by molar-refractivity contribution is 5.75. The maximum Gasteiger partial charge on any atom is 0.312 e. The Morgan fingerprint density at radius 1 is 0.723 bits per heavy atom. The molecule has 0 bridgehead atoms. The smallest absolute Gasteiger partial charge is 0.312 e. The molecule has 0 aromatic rings. The second-order valence-electron chi connectivity index (χ2n) is 22.3. The van der Waals surface area contributed by atoms with Gasteiger partial charge in [-0.3, -0.25) is 4.79 Å². The minimum atomic E-state index is -1.75. The molecule has 3 saturated heterocycles. The number of aliphatic hydroxyl groups is 9. The van der Waals surface area contributed by atoms with Gasteiger partial charge in [0.15, 0.2) is 18.9 Å². The lowest BCUT2D eigenvalue weighted by molar-refractivity contribution is -0.383. The highest BCUT2D eigenvalue weighted by Crippen LogP contribution is 2.75. The number of hydrogen-bond acceptors (Lipinski definition) is 17. The third-order valence-electron chi connectivity index (χ3n) is 18.2. The van der Waals surface area contributed by atoms with Gasteiger partial charge in [0.2, 0.25) is 0 Å². The molecule has 7 aliphatic rings. The van der Waals surface area contributed by atoms with Gasteiger partial charge in [-0.15, -0.1) is 0 Å². The molecule has 7 rings (SSSR count). The highest BCUT2D eigenvalue weighted by Gasteiger charge is 2.71. The van der Waals surface area contributed by atoms with Crippen LogP contribution in [0.3, 0.4) is 0 Å². The first-order valence-electron chi connectivity index (χ1n) is 23.7. The maximum absolute atomic E-state index is 13.9. The van der Waals surface area contributed by atoms with Crippen LogP contribution in [0.5, 0.6) is 0 Å². The van der Waals surface area contributed by atoms with Crippen LogP contribution in [-0.4, -0.2) is 175 Å². The van der Waals surface area contributed by atoms with Gasteiger partial charge >= 0.3 is 5.97 Å². The zero-order valence-electron chi connectivity index (χ0n) is 38.8. The average Bonchev–Trinajstić information content (AvgIpc) is 3.63. The van der Waals surface area contributed by atoms with Gasteiger partial charge in [-0.25, -0.2) is 0 Å². The zero-order chi connectivity index (χ0) is 47.8. The first-order chi connectivity index (χ1) is 30.3. The van der Waals surface area contributed by atoms with Crippen molar-refractivity contribution in [3.05, 3.63) is 12.2 Å². The third kappa shape index (κ3) is 8.59. The minimum Gasteiger partial charge on any atom is -0.481 e. The van der Waals surface area contributed by atoms with Crippen molar-refractivity contribution < 1.29 is 89.1 Å². The van der Waals surface area contributed by atoms with Crippen molar-refractivity contribution in [1.82, 2.24) is 0 Å². The average molecular weight is 929 g/mol. The maximum atomic E-state index is 13.9. The van der Waals surface area contributed by atoms with Crippen molar-refractivity contribution in [2.75, 3.05) is 19.8 Å². The molecular weight excluding hydrogens is 852 g/mol. The summed E-state index contributed by atoms with van der Waals surface area (Å²) in [7, 11) is 0. The van der Waals surface area contributed by atoms with Gasteiger partial charge in [0, 0.05) is 5.41 Å². The van der Waals surface area contributed by atoms with Gasteiger partial charge in [-0.1, -0.05) is 39.8 Å². The van der Waals surface area contributed by atoms with Crippen LogP contribution in [0.4, 0.5) is 0 Å². The number of carbonyl (C=O) groups excluding carboxylic acids is 1. The lowest BCUT2D eigenvalue weighted by atomic mass is 9.35. The van der Waals surface area contributed by atoms with Crippen LogP contribution < -0.4 is 0 Å². The van der Waals surface area contributed by atoms with Crippen molar-refractivity contribution >= 4 is 12.3 Å². The number of rotatable bonds is 13. The molecule has 372 valence electrons. The van der Waals surface area contributed by atoms with Crippen LogP contribution >= 0.6 is 0 Å². The van der Waals surface area contributed by atoms with Gasteiger partial charge in [-0.05, 0) is 118 Å². The van der Waals surface area contributed by atoms with Crippen molar-refractivity contribution in [3.8, 4) is 0 Å². The molecular formula is C47H76O18. The molecule has 0 spiro atoms. The summed E-state index contributed by atoms with van der Waals surface area (Å²) in [5.74, 6) is -1.28. The van der Waals surface area contributed by atoms with Crippen molar-refractivity contribution in [3.63, 3.8) is 0 Å². The fourth-order valence-corrected chi connectivity index (χ4v) is 14.0. The van der Waals surface area contributed by atoms with E-state index in [1.807, 2.05) is 0 Å². The number of aliphatic carboxylic acids is 1. The summed E-state index contributed by atoms with van der Waals surface area (Å²) in [5.41, 5.74) is -4.50. The van der Waals surface area contributed by atoms with Crippen LogP contribution in [0.1, 0.15) is 106 Å². The molecule has 0 radical (unpaired) electrons. The Kier molecular flexibility index (Phi) is 14.6. The van der Waals surface area contributed by atoms with E-state index in [0.717, 1.165) is 25.7 Å². The number of aliphatic hydroxyl groups excluding tert-OH is 8. The second-order valence-corrected chi connectivity index (χ2v) is 22.3.